The Balaban J connectivity index is 1.49. The molecule has 1 atom stereocenters. The number of nitrogens with zero attached hydrogens (tertiary/aromatic N) is 1. The third kappa shape index (κ3) is 6.11. The van der Waals surface area contributed by atoms with Gasteiger partial charge in [-0.25, -0.2) is 4.99 Å². The molecular weight excluding hydrogens is 354 g/mol. The maximum Gasteiger partial charge on any atom is 0.191 e. The van der Waals surface area contributed by atoms with Crippen LogP contribution in [0, 0.1) is 0 Å². The summed E-state index contributed by atoms with van der Waals surface area (Å²) in [7, 11) is 1.69. The second-order valence-electron chi connectivity index (χ2n) is 6.88. The number of nitrogens with one attached hydrogen (secondary N) is 2. The number of methoxy groups -OCH3 is 1. The quantitative estimate of drug-likeness (QED) is 0.395. The summed E-state index contributed by atoms with van der Waals surface area (Å²) >= 11 is 0. The molecule has 152 valence electrons. The van der Waals surface area contributed by atoms with Crippen molar-refractivity contribution in [2.45, 2.75) is 32.4 Å². The number of ether oxygens (including phenoxy) is 3. The van der Waals surface area contributed by atoms with E-state index >= 15 is 0 Å². The van der Waals surface area contributed by atoms with Crippen LogP contribution in [0.4, 0.5) is 0 Å². The molecule has 1 aliphatic heterocycles. The van der Waals surface area contributed by atoms with Gasteiger partial charge in [-0.2, -0.15) is 0 Å². The average molecular weight is 386 g/mol. The normalized spacial score (nSPS) is 17.1. The van der Waals surface area contributed by atoms with Gasteiger partial charge in [-0.15, -0.1) is 0 Å². The van der Waals surface area contributed by atoms with E-state index in [1.807, 2.05) is 12.1 Å². The standard InChI is InChI=1S/C22H31N3O3/c1-3-23-22(24-10-4-11-28-21-9-12-27-16-21)25-15-17-5-6-19-14-20(26-2)8-7-18(19)13-17/h5-8,13-14,21H,3-4,9-12,15-16H2,1-2H3,(H2,23,24,25). The van der Waals surface area contributed by atoms with Gasteiger partial charge >= 0.3 is 0 Å². The molecule has 1 saturated heterocycles. The molecule has 2 aromatic rings. The Bertz CT molecular complexity index is 773. The molecule has 0 aromatic heterocycles. The first kappa shape index (κ1) is 20.4. The van der Waals surface area contributed by atoms with E-state index in [1.165, 1.54) is 16.3 Å². The lowest BCUT2D eigenvalue weighted by Gasteiger charge is -2.13. The summed E-state index contributed by atoms with van der Waals surface area (Å²) in [6.45, 7) is 6.67. The highest BCUT2D eigenvalue weighted by Gasteiger charge is 2.15. The largest absolute Gasteiger partial charge is 0.497 e. The predicted octanol–water partition coefficient (Wildman–Crippen LogP) is 3.10. The van der Waals surface area contributed by atoms with Gasteiger partial charge in [0, 0.05) is 26.3 Å². The maximum absolute atomic E-state index is 5.80. The van der Waals surface area contributed by atoms with Gasteiger partial charge in [-0.1, -0.05) is 18.2 Å². The lowest BCUT2D eigenvalue weighted by Crippen LogP contribution is -2.38. The van der Waals surface area contributed by atoms with Crippen molar-refractivity contribution in [3.63, 3.8) is 0 Å². The SMILES string of the molecule is CCNC(=NCc1ccc2cc(OC)ccc2c1)NCCCOC1CCOC1. The van der Waals surface area contributed by atoms with Crippen LogP contribution < -0.4 is 15.4 Å². The second kappa shape index (κ2) is 10.9. The summed E-state index contributed by atoms with van der Waals surface area (Å²) in [5.74, 6) is 1.71. The van der Waals surface area contributed by atoms with Crippen LogP contribution in [0.1, 0.15) is 25.3 Å². The van der Waals surface area contributed by atoms with Crippen molar-refractivity contribution in [3.8, 4) is 5.75 Å². The van der Waals surface area contributed by atoms with E-state index in [2.05, 4.69) is 41.8 Å². The zero-order valence-corrected chi connectivity index (χ0v) is 16.9. The zero-order chi connectivity index (χ0) is 19.6. The molecule has 1 aliphatic rings. The smallest absolute Gasteiger partial charge is 0.191 e. The van der Waals surface area contributed by atoms with Crippen LogP contribution in [0.3, 0.4) is 0 Å². The minimum Gasteiger partial charge on any atom is -0.497 e. The number of guanidine groups is 1. The van der Waals surface area contributed by atoms with E-state index in [0.29, 0.717) is 6.54 Å². The summed E-state index contributed by atoms with van der Waals surface area (Å²) in [5, 5.41) is 9.04. The van der Waals surface area contributed by atoms with E-state index in [-0.39, 0.29) is 6.10 Å². The van der Waals surface area contributed by atoms with Crippen LogP contribution in [0.2, 0.25) is 0 Å². The molecule has 3 rings (SSSR count). The minimum absolute atomic E-state index is 0.273. The van der Waals surface area contributed by atoms with E-state index in [9.17, 15) is 0 Å². The van der Waals surface area contributed by atoms with Gasteiger partial charge in [-0.05, 0) is 54.3 Å². The summed E-state index contributed by atoms with van der Waals surface area (Å²) < 4.78 is 16.4. The molecule has 28 heavy (non-hydrogen) atoms. The number of fused-ring (bicyclic) bond motifs is 1. The predicted molar refractivity (Wildman–Crippen MR) is 113 cm³/mol. The van der Waals surface area contributed by atoms with Gasteiger partial charge in [-0.3, -0.25) is 0 Å². The summed E-state index contributed by atoms with van der Waals surface area (Å²) in [5.41, 5.74) is 1.18. The molecule has 6 heteroatoms. The topological polar surface area (TPSA) is 64.1 Å². The fraction of sp³-hybridized carbons (Fsp3) is 0.500. The first-order valence-electron chi connectivity index (χ1n) is 10.1. The molecule has 6 nitrogen and oxygen atoms in total. The molecule has 0 aliphatic carbocycles. The maximum atomic E-state index is 5.80. The Hall–Kier alpha value is -2.31. The number of aliphatic imine (C=N–C) groups is 1. The van der Waals surface area contributed by atoms with Gasteiger partial charge < -0.3 is 24.8 Å². The molecule has 0 spiro atoms. The Morgan fingerprint density at radius 1 is 1.18 bits per heavy atom. The van der Waals surface area contributed by atoms with E-state index < -0.39 is 0 Å². The van der Waals surface area contributed by atoms with Crippen molar-refractivity contribution in [3.05, 3.63) is 42.0 Å². The van der Waals surface area contributed by atoms with Crippen molar-refractivity contribution >= 4 is 16.7 Å². The molecule has 0 bridgehead atoms. The molecule has 1 fully saturated rings. The van der Waals surface area contributed by atoms with Crippen LogP contribution in [-0.4, -0.2) is 52.1 Å². The van der Waals surface area contributed by atoms with Crippen LogP contribution in [-0.2, 0) is 16.0 Å². The Kier molecular flexibility index (Phi) is 7.94. The lowest BCUT2D eigenvalue weighted by atomic mass is 10.1. The van der Waals surface area contributed by atoms with Crippen molar-refractivity contribution in [1.29, 1.82) is 0 Å². The fourth-order valence-electron chi connectivity index (χ4n) is 3.18. The first-order valence-corrected chi connectivity index (χ1v) is 10.1. The fourth-order valence-corrected chi connectivity index (χ4v) is 3.18. The second-order valence-corrected chi connectivity index (χ2v) is 6.88. The Labute approximate surface area is 167 Å². The highest BCUT2D eigenvalue weighted by atomic mass is 16.5. The van der Waals surface area contributed by atoms with Gasteiger partial charge in [0.05, 0.1) is 26.4 Å². The van der Waals surface area contributed by atoms with Crippen molar-refractivity contribution < 1.29 is 14.2 Å². The third-order valence-corrected chi connectivity index (χ3v) is 4.73. The molecule has 1 unspecified atom stereocenters. The summed E-state index contributed by atoms with van der Waals surface area (Å²) in [6, 6.07) is 12.5. The van der Waals surface area contributed by atoms with Gasteiger partial charge in [0.2, 0.25) is 0 Å². The third-order valence-electron chi connectivity index (χ3n) is 4.73. The van der Waals surface area contributed by atoms with Crippen LogP contribution in [0.25, 0.3) is 10.8 Å². The summed E-state index contributed by atoms with van der Waals surface area (Å²) in [6.07, 6.45) is 2.23. The summed E-state index contributed by atoms with van der Waals surface area (Å²) in [4.78, 5) is 4.71. The Morgan fingerprint density at radius 2 is 2.04 bits per heavy atom. The van der Waals surface area contributed by atoms with E-state index in [0.717, 1.165) is 57.5 Å². The van der Waals surface area contributed by atoms with Crippen molar-refractivity contribution in [2.75, 3.05) is 40.0 Å². The van der Waals surface area contributed by atoms with Crippen LogP contribution in [0.15, 0.2) is 41.4 Å². The number of rotatable bonds is 9. The van der Waals surface area contributed by atoms with Crippen LogP contribution in [0.5, 0.6) is 5.75 Å². The van der Waals surface area contributed by atoms with Crippen molar-refractivity contribution in [1.82, 2.24) is 10.6 Å². The molecule has 1 heterocycles. The minimum atomic E-state index is 0.273. The van der Waals surface area contributed by atoms with Gasteiger partial charge in [0.15, 0.2) is 5.96 Å². The highest BCUT2D eigenvalue weighted by molar-refractivity contribution is 5.84. The monoisotopic (exact) mass is 385 g/mol. The average Bonchev–Trinajstić information content (AvgIpc) is 3.24. The van der Waals surface area contributed by atoms with E-state index in [4.69, 9.17) is 19.2 Å². The number of hydrogen-bond acceptors (Lipinski definition) is 4. The molecule has 0 radical (unpaired) electrons. The van der Waals surface area contributed by atoms with Crippen molar-refractivity contribution in [2.24, 2.45) is 4.99 Å². The molecule has 2 aromatic carbocycles. The molecular formula is C22H31N3O3. The van der Waals surface area contributed by atoms with Gasteiger partial charge in [0.25, 0.3) is 0 Å². The highest BCUT2D eigenvalue weighted by Crippen LogP contribution is 2.22. The Morgan fingerprint density at radius 3 is 2.82 bits per heavy atom. The molecule has 2 N–H and O–H groups in total. The number of hydrogen-bond donors (Lipinski definition) is 2. The molecule has 0 saturated carbocycles. The molecule has 0 amide bonds. The van der Waals surface area contributed by atoms with Crippen LogP contribution >= 0.6 is 0 Å². The zero-order valence-electron chi connectivity index (χ0n) is 16.9. The van der Waals surface area contributed by atoms with Gasteiger partial charge in [0.1, 0.15) is 5.75 Å². The number of benzene rings is 2. The first-order chi connectivity index (χ1) is 13.8. The lowest BCUT2D eigenvalue weighted by molar-refractivity contribution is 0.0420. The van der Waals surface area contributed by atoms with E-state index in [1.54, 1.807) is 7.11 Å².